The minimum Gasteiger partial charge on any atom is -0.497 e. The first-order valence-electron chi connectivity index (χ1n) is 20.2. The molecule has 3 saturated carbocycles. The molecule has 2 bridgehead atoms. The maximum Gasteiger partial charge on any atom is 0.408 e. The summed E-state index contributed by atoms with van der Waals surface area (Å²) < 4.78 is 45.9. The maximum absolute atomic E-state index is 14.8. The number of methoxy groups -OCH3 is 1. The van der Waals surface area contributed by atoms with Gasteiger partial charge < -0.3 is 29.7 Å². The number of carbonyl (C=O) groups is 4. The smallest absolute Gasteiger partial charge is 0.408 e. The Labute approximate surface area is 328 Å². The van der Waals surface area contributed by atoms with Crippen molar-refractivity contribution in [1.29, 1.82) is 0 Å². The van der Waals surface area contributed by atoms with Gasteiger partial charge in [-0.1, -0.05) is 53.9 Å². The Morgan fingerprint density at radius 3 is 2.52 bits per heavy atom. The van der Waals surface area contributed by atoms with Crippen molar-refractivity contribution >= 4 is 44.9 Å². The van der Waals surface area contributed by atoms with Crippen LogP contribution in [0.3, 0.4) is 0 Å². The number of nitrogens with one attached hydrogen (secondary N) is 3. The van der Waals surface area contributed by atoms with Crippen molar-refractivity contribution in [3.63, 3.8) is 0 Å². The first-order chi connectivity index (χ1) is 26.5. The summed E-state index contributed by atoms with van der Waals surface area (Å²) in [5.41, 5.74) is -0.318. The van der Waals surface area contributed by atoms with Crippen molar-refractivity contribution in [2.24, 2.45) is 23.2 Å². The Morgan fingerprint density at radius 1 is 1.05 bits per heavy atom. The third-order valence-corrected chi connectivity index (χ3v) is 14.0. The number of amides is 4. The first-order valence-corrected chi connectivity index (χ1v) is 21.8. The van der Waals surface area contributed by atoms with Gasteiger partial charge >= 0.3 is 6.09 Å². The number of aryl methyl sites for hydroxylation is 1. The summed E-state index contributed by atoms with van der Waals surface area (Å²) in [6, 6.07) is 3.24. The Morgan fingerprint density at radius 2 is 1.82 bits per heavy atom. The number of fused-ring (bicyclic) bond motifs is 5. The fourth-order valence-electron chi connectivity index (χ4n) is 8.43. The number of hydrogen-bond acceptors (Lipinski definition) is 11. The lowest BCUT2D eigenvalue weighted by atomic mass is 9.85. The second-order valence-electron chi connectivity index (χ2n) is 17.6. The van der Waals surface area contributed by atoms with Gasteiger partial charge in [-0.2, -0.15) is 0 Å². The largest absolute Gasteiger partial charge is 0.497 e. The molecule has 2 aliphatic heterocycles. The van der Waals surface area contributed by atoms with Crippen molar-refractivity contribution in [3.8, 4) is 11.6 Å². The number of alkyl carbamates (subject to hydrolysis) is 1. The number of rotatable bonds is 8. The van der Waals surface area contributed by atoms with E-state index < -0.39 is 74.1 Å². The van der Waals surface area contributed by atoms with Crippen molar-refractivity contribution in [3.05, 3.63) is 23.9 Å². The number of nitrogens with zero attached hydrogens (tertiary/aromatic N) is 3. The molecule has 1 saturated heterocycles. The van der Waals surface area contributed by atoms with E-state index in [-0.39, 0.29) is 30.9 Å². The average molecular weight is 797 g/mol. The predicted octanol–water partition coefficient (Wildman–Crippen LogP) is 4.16. The topological polar surface area (TPSA) is 195 Å². The lowest BCUT2D eigenvalue weighted by Crippen LogP contribution is -2.61. The van der Waals surface area contributed by atoms with Crippen molar-refractivity contribution in [2.75, 3.05) is 13.7 Å². The Balaban J connectivity index is 1.24. The highest BCUT2D eigenvalue weighted by Gasteiger charge is 2.63. The van der Waals surface area contributed by atoms with Crippen LogP contribution in [0.5, 0.6) is 11.6 Å². The van der Waals surface area contributed by atoms with E-state index in [2.05, 4.69) is 15.4 Å². The van der Waals surface area contributed by atoms with Gasteiger partial charge in [0.15, 0.2) is 0 Å². The molecule has 1 aromatic carbocycles. The SMILES string of the molecule is CCC[C@@H]1C[C@]1(NC(=O)[C@@H]1[C@H](C)[C@@H]2CN1C(=O)[C@H](C(C)(C)C)NC(=O)O[C@@H]1C[C@H]1CCCCCc1nc3ccc(OC)cc3nc1O2)C(=O)NS(=O)(=O)C1CC1. The van der Waals surface area contributed by atoms with Gasteiger partial charge in [-0.25, -0.2) is 23.2 Å². The number of carbonyl (C=O) groups excluding carboxylic acids is 4. The molecular weight excluding hydrogens is 741 g/mol. The third kappa shape index (κ3) is 8.26. The zero-order chi connectivity index (χ0) is 40.2. The molecule has 4 fully saturated rings. The summed E-state index contributed by atoms with van der Waals surface area (Å²) in [6.45, 7) is 9.22. The second kappa shape index (κ2) is 15.3. The van der Waals surface area contributed by atoms with E-state index in [0.717, 1.165) is 38.5 Å². The minimum atomic E-state index is -3.88. The van der Waals surface area contributed by atoms with Crippen LogP contribution >= 0.6 is 0 Å². The second-order valence-corrected chi connectivity index (χ2v) is 19.5. The van der Waals surface area contributed by atoms with Gasteiger partial charge in [0, 0.05) is 12.0 Å². The van der Waals surface area contributed by atoms with Crippen molar-refractivity contribution in [1.82, 2.24) is 30.2 Å². The van der Waals surface area contributed by atoms with Gasteiger partial charge in [0.1, 0.15) is 41.3 Å². The van der Waals surface area contributed by atoms with E-state index >= 15 is 0 Å². The highest BCUT2D eigenvalue weighted by atomic mass is 32.2. The molecule has 3 aliphatic carbocycles. The number of hydrogen-bond donors (Lipinski definition) is 3. The Hall–Kier alpha value is -4.21. The van der Waals surface area contributed by atoms with Crippen LogP contribution in [0, 0.1) is 23.2 Å². The summed E-state index contributed by atoms with van der Waals surface area (Å²) >= 11 is 0. The van der Waals surface area contributed by atoms with Gasteiger partial charge in [-0.15, -0.1) is 0 Å². The van der Waals surface area contributed by atoms with Crippen LogP contribution in [0.25, 0.3) is 11.0 Å². The monoisotopic (exact) mass is 796 g/mol. The van der Waals surface area contributed by atoms with Crippen LogP contribution in [0.15, 0.2) is 18.2 Å². The summed E-state index contributed by atoms with van der Waals surface area (Å²) in [4.78, 5) is 67.9. The van der Waals surface area contributed by atoms with Crippen LogP contribution < -0.4 is 24.8 Å². The van der Waals surface area contributed by atoms with E-state index in [9.17, 15) is 27.6 Å². The average Bonchev–Trinajstić information content (AvgIpc) is 4.06. The fourth-order valence-corrected chi connectivity index (χ4v) is 9.80. The van der Waals surface area contributed by atoms with Crippen LogP contribution in [-0.2, 0) is 35.6 Å². The molecule has 3 N–H and O–H groups in total. The van der Waals surface area contributed by atoms with Crippen LogP contribution in [-0.4, -0.2) is 95.8 Å². The molecule has 0 radical (unpaired) electrons. The predicted molar refractivity (Wildman–Crippen MR) is 206 cm³/mol. The van der Waals surface area contributed by atoms with Crippen LogP contribution in [0.1, 0.15) is 105 Å². The van der Waals surface area contributed by atoms with Gasteiger partial charge in [0.25, 0.3) is 5.91 Å². The lowest BCUT2D eigenvalue weighted by molar-refractivity contribution is -0.143. The number of sulfonamides is 1. The molecular formula is C40H56N6O9S. The maximum atomic E-state index is 14.8. The summed E-state index contributed by atoms with van der Waals surface area (Å²) in [6.07, 6.45) is 5.90. The molecule has 1 aromatic heterocycles. The van der Waals surface area contributed by atoms with Crippen LogP contribution in [0.2, 0.25) is 0 Å². The van der Waals surface area contributed by atoms with E-state index in [0.29, 0.717) is 54.0 Å². The standard InChI is InChI=1S/C40H56N6O9S/c1-7-11-24-20-40(24,37(49)45-56(51,52)26-15-16-26)44-34(47)32-22(2)31-21-46(32)36(48)33(39(3,4)5)43-38(50)55-30-18-23(30)12-9-8-10-13-28-35(54-31)42-29-19-25(53-6)14-17-27(29)41-28/h14,17,19,22-24,26,30-33H,7-13,15-16,18,20-21H2,1-6H3,(H,43,50)(H,44,47)(H,45,49)/t22-,23-,24-,30-,31+,32+,33-,40-/m1/s1. The highest BCUT2D eigenvalue weighted by molar-refractivity contribution is 7.91. The van der Waals surface area contributed by atoms with Gasteiger partial charge in [0.2, 0.25) is 27.7 Å². The molecule has 306 valence electrons. The quantitative estimate of drug-likeness (QED) is 0.347. The van der Waals surface area contributed by atoms with E-state index in [4.69, 9.17) is 24.2 Å². The zero-order valence-electron chi connectivity index (χ0n) is 33.3. The normalized spacial score (nSPS) is 31.0. The number of aromatic nitrogens is 2. The summed E-state index contributed by atoms with van der Waals surface area (Å²) in [5, 5.41) is 5.15. The Bertz CT molecular complexity index is 1980. The van der Waals surface area contributed by atoms with Gasteiger partial charge in [-0.3, -0.25) is 19.1 Å². The first kappa shape index (κ1) is 40.0. The molecule has 15 nitrogen and oxygen atoms in total. The highest BCUT2D eigenvalue weighted by Crippen LogP contribution is 2.48. The van der Waals surface area contributed by atoms with Crippen molar-refractivity contribution < 1.29 is 41.8 Å². The van der Waals surface area contributed by atoms with E-state index in [1.54, 1.807) is 13.2 Å². The van der Waals surface area contributed by atoms with Gasteiger partial charge in [0.05, 0.1) is 29.9 Å². The molecule has 2 aromatic rings. The summed E-state index contributed by atoms with van der Waals surface area (Å²) in [7, 11) is -2.31. The molecule has 5 aliphatic rings. The fraction of sp³-hybridized carbons (Fsp3) is 0.700. The van der Waals surface area contributed by atoms with E-state index in [1.165, 1.54) is 4.90 Å². The zero-order valence-corrected chi connectivity index (χ0v) is 34.1. The molecule has 0 spiro atoms. The molecule has 56 heavy (non-hydrogen) atoms. The summed E-state index contributed by atoms with van der Waals surface area (Å²) in [5.74, 6) is -1.61. The minimum absolute atomic E-state index is 0.0307. The van der Waals surface area contributed by atoms with Crippen molar-refractivity contribution in [2.45, 2.75) is 140 Å². The molecule has 7 rings (SSSR count). The molecule has 16 heteroatoms. The van der Waals surface area contributed by atoms with Gasteiger partial charge in [-0.05, 0) is 80.8 Å². The number of benzene rings is 1. The number of ether oxygens (including phenoxy) is 3. The molecule has 3 heterocycles. The van der Waals surface area contributed by atoms with E-state index in [1.807, 2.05) is 46.8 Å². The molecule has 4 amide bonds. The van der Waals surface area contributed by atoms with Crippen LogP contribution in [0.4, 0.5) is 4.79 Å². The molecule has 8 atom stereocenters. The third-order valence-electron chi connectivity index (χ3n) is 12.2. The Kier molecular flexibility index (Phi) is 10.9. The lowest BCUT2D eigenvalue weighted by Gasteiger charge is -2.36. The molecule has 0 unspecified atom stereocenters.